The van der Waals surface area contributed by atoms with E-state index in [1.807, 2.05) is 6.08 Å². The summed E-state index contributed by atoms with van der Waals surface area (Å²) in [6, 6.07) is -0.802. The smallest absolute Gasteiger partial charge is 0.220 e. The molecule has 1 aliphatic heterocycles. The Bertz CT molecular complexity index is 1280. The summed E-state index contributed by atoms with van der Waals surface area (Å²) in [6.07, 6.45) is 73.4. The van der Waals surface area contributed by atoms with Crippen LogP contribution in [-0.4, -0.2) is 87.5 Å². The highest BCUT2D eigenvalue weighted by atomic mass is 16.7. The van der Waals surface area contributed by atoms with Crippen LogP contribution in [0.1, 0.15) is 386 Å². The Balaban J connectivity index is 2.08. The number of allylic oxidation sites excluding steroid dienone is 1. The van der Waals surface area contributed by atoms with E-state index in [9.17, 15) is 30.3 Å². The fourth-order valence-electron chi connectivity index (χ4n) is 12.2. The molecule has 6 N–H and O–H groups in total. The summed E-state index contributed by atoms with van der Waals surface area (Å²) in [6.45, 7) is 3.85. The number of unbranched alkanes of at least 4 members (excludes halogenated alkanes) is 55. The van der Waals surface area contributed by atoms with Crippen LogP contribution in [-0.2, 0) is 14.3 Å². The van der Waals surface area contributed by atoms with E-state index in [2.05, 4.69) is 19.2 Å². The average Bonchev–Trinajstić information content (AvgIpc) is 3.50. The van der Waals surface area contributed by atoms with Gasteiger partial charge in [-0.15, -0.1) is 0 Å². The molecule has 1 heterocycles. The number of rotatable bonds is 65. The largest absolute Gasteiger partial charge is 0.394 e. The van der Waals surface area contributed by atoms with Crippen molar-refractivity contribution in [3.05, 3.63) is 12.2 Å². The van der Waals surface area contributed by atoms with Gasteiger partial charge in [0.15, 0.2) is 6.29 Å². The molecule has 1 rings (SSSR count). The molecule has 0 saturated carbocycles. The number of hydrogen-bond acceptors (Lipinski definition) is 8. The summed E-state index contributed by atoms with van der Waals surface area (Å²) >= 11 is 0. The lowest BCUT2D eigenvalue weighted by Crippen LogP contribution is -2.60. The molecule has 0 aromatic carbocycles. The molecule has 1 fully saturated rings. The lowest BCUT2D eigenvalue weighted by molar-refractivity contribution is -0.302. The van der Waals surface area contributed by atoms with Gasteiger partial charge in [0.1, 0.15) is 24.4 Å². The minimum absolute atomic E-state index is 0.166. The molecule has 0 aromatic rings. The van der Waals surface area contributed by atoms with Crippen LogP contribution in [0, 0.1) is 0 Å². The second kappa shape index (κ2) is 62.0. The van der Waals surface area contributed by atoms with E-state index >= 15 is 0 Å². The van der Waals surface area contributed by atoms with Gasteiger partial charge in [-0.25, -0.2) is 0 Å². The third-order valence-electron chi connectivity index (χ3n) is 17.9. The van der Waals surface area contributed by atoms with Crippen LogP contribution in [0.25, 0.3) is 0 Å². The van der Waals surface area contributed by atoms with E-state index in [0.717, 1.165) is 38.5 Å². The average molecular weight is 1150 g/mol. The zero-order chi connectivity index (χ0) is 58.6. The van der Waals surface area contributed by atoms with Gasteiger partial charge in [-0.1, -0.05) is 373 Å². The molecule has 1 saturated heterocycles. The van der Waals surface area contributed by atoms with Crippen molar-refractivity contribution in [2.45, 2.75) is 429 Å². The second-order valence-corrected chi connectivity index (χ2v) is 25.8. The molecule has 1 aliphatic rings. The van der Waals surface area contributed by atoms with E-state index in [0.29, 0.717) is 6.42 Å². The number of carbonyl (C=O) groups is 1. The number of carbonyl (C=O) groups excluding carboxylic acids is 1. The highest BCUT2D eigenvalue weighted by Gasteiger charge is 2.44. The van der Waals surface area contributed by atoms with Crippen molar-refractivity contribution in [3.63, 3.8) is 0 Å². The van der Waals surface area contributed by atoms with E-state index in [1.54, 1.807) is 6.08 Å². The summed E-state index contributed by atoms with van der Waals surface area (Å²) in [4.78, 5) is 13.1. The van der Waals surface area contributed by atoms with Crippen molar-refractivity contribution in [2.75, 3.05) is 13.2 Å². The van der Waals surface area contributed by atoms with Crippen LogP contribution in [0.15, 0.2) is 12.2 Å². The van der Waals surface area contributed by atoms with Crippen molar-refractivity contribution in [1.29, 1.82) is 0 Å². The summed E-state index contributed by atoms with van der Waals surface area (Å²) in [7, 11) is 0. The van der Waals surface area contributed by atoms with Crippen LogP contribution in [0.5, 0.6) is 0 Å². The number of ether oxygens (including phenoxy) is 2. The summed E-state index contributed by atoms with van der Waals surface area (Å²) in [5.41, 5.74) is 0. The molecule has 9 nitrogen and oxygen atoms in total. The molecule has 0 aromatic heterocycles. The van der Waals surface area contributed by atoms with Gasteiger partial charge in [-0.05, 0) is 19.3 Å². The van der Waals surface area contributed by atoms with E-state index in [4.69, 9.17) is 9.47 Å². The standard InChI is InChI=1S/C72H141NO8/c1-3-5-7-9-11-13-15-17-19-21-23-25-27-29-30-31-32-33-34-35-36-37-38-40-42-44-46-48-50-52-54-56-58-60-62-68(76)73-65(64-80-72-71(79)70(78)69(77)67(63-74)81-72)66(75)61-59-57-55-53-51-49-47-45-43-41-39-28-26-24-22-20-18-16-14-12-10-8-6-4-2/h59,61,65-67,69-72,74-75,77-79H,3-58,60,62-64H2,1-2H3,(H,73,76)/b61-59+. The Morgan fingerprint density at radius 1 is 0.407 bits per heavy atom. The van der Waals surface area contributed by atoms with Gasteiger partial charge in [0.25, 0.3) is 0 Å². The maximum atomic E-state index is 13.1. The maximum absolute atomic E-state index is 13.1. The maximum Gasteiger partial charge on any atom is 0.220 e. The molecule has 81 heavy (non-hydrogen) atoms. The Morgan fingerprint density at radius 2 is 0.679 bits per heavy atom. The Hall–Kier alpha value is -1.07. The number of nitrogens with one attached hydrogen (secondary N) is 1. The van der Waals surface area contributed by atoms with Gasteiger partial charge < -0.3 is 40.3 Å². The van der Waals surface area contributed by atoms with Gasteiger partial charge in [-0.3, -0.25) is 4.79 Å². The van der Waals surface area contributed by atoms with Crippen LogP contribution in [0.2, 0.25) is 0 Å². The first kappa shape index (κ1) is 77.9. The van der Waals surface area contributed by atoms with E-state index < -0.39 is 49.5 Å². The summed E-state index contributed by atoms with van der Waals surface area (Å²) in [5, 5.41) is 54.8. The predicted molar refractivity (Wildman–Crippen MR) is 346 cm³/mol. The van der Waals surface area contributed by atoms with Gasteiger partial charge in [0.05, 0.1) is 25.4 Å². The van der Waals surface area contributed by atoms with Crippen molar-refractivity contribution in [2.24, 2.45) is 0 Å². The highest BCUT2D eigenvalue weighted by Crippen LogP contribution is 2.24. The minimum Gasteiger partial charge on any atom is -0.394 e. The number of amides is 1. The number of aliphatic hydroxyl groups excluding tert-OH is 5. The molecule has 0 bridgehead atoms. The number of aliphatic hydroxyl groups is 5. The van der Waals surface area contributed by atoms with Crippen molar-refractivity contribution < 1.29 is 39.8 Å². The Kier molecular flexibility index (Phi) is 59.7. The SMILES string of the molecule is CCCCCCCCCCCCCCCCCCCCCCCC/C=C/C(O)C(COC1OC(CO)C(O)C(O)C1O)NC(=O)CCCCCCCCCCCCCCCCCCCCCCCCCCCCCCCCCCCC. The quantitative estimate of drug-likeness (QED) is 0.0261. The fraction of sp³-hybridized carbons (Fsp3) is 0.958. The van der Waals surface area contributed by atoms with Crippen molar-refractivity contribution >= 4 is 5.91 Å². The summed E-state index contributed by atoms with van der Waals surface area (Å²) < 4.78 is 11.3. The van der Waals surface area contributed by atoms with Crippen LogP contribution >= 0.6 is 0 Å². The fourth-order valence-corrected chi connectivity index (χ4v) is 12.2. The molecule has 0 spiro atoms. The Morgan fingerprint density at radius 3 is 0.963 bits per heavy atom. The summed E-state index contributed by atoms with van der Waals surface area (Å²) in [5.74, 6) is -0.166. The van der Waals surface area contributed by atoms with Crippen LogP contribution in [0.3, 0.4) is 0 Å². The molecule has 0 radical (unpaired) electrons. The second-order valence-electron chi connectivity index (χ2n) is 25.8. The third kappa shape index (κ3) is 50.8. The van der Waals surface area contributed by atoms with Crippen LogP contribution in [0.4, 0.5) is 0 Å². The van der Waals surface area contributed by atoms with Crippen molar-refractivity contribution in [3.8, 4) is 0 Å². The first-order valence-corrected chi connectivity index (χ1v) is 36.4. The first-order valence-electron chi connectivity index (χ1n) is 36.4. The van der Waals surface area contributed by atoms with Gasteiger partial charge in [-0.2, -0.15) is 0 Å². The van der Waals surface area contributed by atoms with E-state index in [1.165, 1.54) is 327 Å². The molecule has 9 heteroatoms. The zero-order valence-electron chi connectivity index (χ0n) is 54.1. The van der Waals surface area contributed by atoms with Crippen LogP contribution < -0.4 is 5.32 Å². The molecular weight excluding hydrogens is 1010 g/mol. The third-order valence-corrected chi connectivity index (χ3v) is 17.9. The van der Waals surface area contributed by atoms with E-state index in [-0.39, 0.29) is 12.5 Å². The molecule has 482 valence electrons. The van der Waals surface area contributed by atoms with Gasteiger partial charge >= 0.3 is 0 Å². The molecule has 1 amide bonds. The van der Waals surface area contributed by atoms with Gasteiger partial charge in [0, 0.05) is 6.42 Å². The monoisotopic (exact) mass is 1150 g/mol. The molecule has 7 unspecified atom stereocenters. The van der Waals surface area contributed by atoms with Gasteiger partial charge in [0.2, 0.25) is 5.91 Å². The first-order chi connectivity index (χ1) is 39.8. The molecular formula is C72H141NO8. The lowest BCUT2D eigenvalue weighted by atomic mass is 9.99. The normalized spacial score (nSPS) is 18.3. The topological polar surface area (TPSA) is 149 Å². The zero-order valence-corrected chi connectivity index (χ0v) is 54.1. The highest BCUT2D eigenvalue weighted by molar-refractivity contribution is 5.76. The number of hydrogen-bond donors (Lipinski definition) is 6. The Labute approximate surface area is 503 Å². The molecule has 0 aliphatic carbocycles. The van der Waals surface area contributed by atoms with Crippen molar-refractivity contribution in [1.82, 2.24) is 5.32 Å². The lowest BCUT2D eigenvalue weighted by Gasteiger charge is -2.40. The predicted octanol–water partition coefficient (Wildman–Crippen LogP) is 19.9. The minimum atomic E-state index is -1.56. The molecule has 7 atom stereocenters.